The Morgan fingerprint density at radius 2 is 2.00 bits per heavy atom. The summed E-state index contributed by atoms with van der Waals surface area (Å²) in [5, 5.41) is 15.2. The van der Waals surface area contributed by atoms with E-state index in [2.05, 4.69) is 26.2 Å². The molecule has 2 atom stereocenters. The lowest BCUT2D eigenvalue weighted by atomic mass is 10.0. The number of nitrogens with one attached hydrogen (secondary N) is 2. The molecular formula is C22H24BrN3O3. The minimum Gasteiger partial charge on any atom is -0.624 e. The fourth-order valence-corrected chi connectivity index (χ4v) is 3.36. The summed E-state index contributed by atoms with van der Waals surface area (Å²) in [6.07, 6.45) is 2.84. The highest BCUT2D eigenvalue weighted by molar-refractivity contribution is 9.10. The Hall–Kier alpha value is -2.48. The van der Waals surface area contributed by atoms with E-state index in [1.165, 1.54) is 0 Å². The topological polar surface area (TPSA) is 78.2 Å². The van der Waals surface area contributed by atoms with Gasteiger partial charge in [-0.15, -0.1) is 0 Å². The average Bonchev–Trinajstić information content (AvgIpc) is 2.97. The summed E-state index contributed by atoms with van der Waals surface area (Å²) in [6.45, 7) is 5.64. The SMILES string of the molecule is CC(C)(C)OC(=O)NCC(/N=C\c1ccccc1)C1=C[NH+]([O-])c2cc(Br)ccc21. The van der Waals surface area contributed by atoms with Gasteiger partial charge in [-0.05, 0) is 38.5 Å². The molecule has 6 nitrogen and oxygen atoms in total. The van der Waals surface area contributed by atoms with Crippen molar-refractivity contribution in [1.82, 2.24) is 5.32 Å². The molecule has 1 aliphatic rings. The van der Waals surface area contributed by atoms with E-state index in [1.807, 2.05) is 63.2 Å². The minimum atomic E-state index is -0.589. The number of carbonyl (C=O) groups is 1. The molecule has 0 aromatic heterocycles. The maximum Gasteiger partial charge on any atom is 0.407 e. The molecule has 29 heavy (non-hydrogen) atoms. The Morgan fingerprint density at radius 1 is 1.28 bits per heavy atom. The van der Waals surface area contributed by atoms with Gasteiger partial charge in [0.2, 0.25) is 0 Å². The van der Waals surface area contributed by atoms with Gasteiger partial charge in [-0.3, -0.25) is 4.99 Å². The number of amides is 1. The van der Waals surface area contributed by atoms with Gasteiger partial charge in [0.15, 0.2) is 0 Å². The van der Waals surface area contributed by atoms with Gasteiger partial charge < -0.3 is 20.3 Å². The first-order valence-corrected chi connectivity index (χ1v) is 10.1. The number of fused-ring (bicyclic) bond motifs is 1. The lowest BCUT2D eigenvalue weighted by Gasteiger charge is -2.21. The van der Waals surface area contributed by atoms with Crippen LogP contribution in [0.5, 0.6) is 0 Å². The molecule has 0 bridgehead atoms. The van der Waals surface area contributed by atoms with Crippen LogP contribution in [0.2, 0.25) is 0 Å². The number of alkyl carbamates (subject to hydrolysis) is 1. The van der Waals surface area contributed by atoms with Crippen molar-refractivity contribution >= 4 is 39.5 Å². The first-order valence-electron chi connectivity index (χ1n) is 9.34. The number of carbonyl (C=O) groups excluding carboxylic acids is 1. The third-order valence-electron chi connectivity index (χ3n) is 4.25. The molecular weight excluding hydrogens is 434 g/mol. The van der Waals surface area contributed by atoms with Crippen molar-refractivity contribution in [1.29, 1.82) is 0 Å². The normalized spacial score (nSPS) is 17.0. The summed E-state index contributed by atoms with van der Waals surface area (Å²) >= 11 is 3.41. The molecule has 0 fully saturated rings. The summed E-state index contributed by atoms with van der Waals surface area (Å²) in [6, 6.07) is 14.9. The second-order valence-corrected chi connectivity index (χ2v) is 8.66. The number of quaternary nitrogens is 1. The predicted octanol–water partition coefficient (Wildman–Crippen LogP) is 3.83. The van der Waals surface area contributed by atoms with Crippen LogP contribution in [0, 0.1) is 5.21 Å². The van der Waals surface area contributed by atoms with Crippen molar-refractivity contribution in [3.63, 3.8) is 0 Å². The number of hydrogen-bond donors (Lipinski definition) is 2. The molecule has 7 heteroatoms. The van der Waals surface area contributed by atoms with Gasteiger partial charge in [0, 0.05) is 34.4 Å². The summed E-state index contributed by atoms with van der Waals surface area (Å²) in [7, 11) is 0. The standard InChI is InChI=1S/C22H24BrN3O3/c1-22(2,3)29-21(27)25-13-19(24-12-15-7-5-4-6-8-15)18-14-26(28)20-11-16(23)9-10-17(18)20/h4-12,14,19,26H,13H2,1-3H3,(H,25,27)/b24-12-. The molecule has 1 aliphatic heterocycles. The van der Waals surface area contributed by atoms with E-state index in [9.17, 15) is 10.0 Å². The lowest BCUT2D eigenvalue weighted by molar-refractivity contribution is -0.710. The average molecular weight is 458 g/mol. The Kier molecular flexibility index (Phi) is 6.52. The largest absolute Gasteiger partial charge is 0.624 e. The van der Waals surface area contributed by atoms with Crippen molar-refractivity contribution in [2.24, 2.45) is 4.99 Å². The number of rotatable bonds is 5. The van der Waals surface area contributed by atoms with Crippen LogP contribution in [0.25, 0.3) is 5.57 Å². The Bertz CT molecular complexity index is 936. The zero-order valence-electron chi connectivity index (χ0n) is 16.6. The molecule has 2 aromatic carbocycles. The van der Waals surface area contributed by atoms with Gasteiger partial charge in [0.25, 0.3) is 0 Å². The van der Waals surface area contributed by atoms with Gasteiger partial charge in [-0.1, -0.05) is 46.3 Å². The van der Waals surface area contributed by atoms with Crippen molar-refractivity contribution < 1.29 is 14.6 Å². The molecule has 2 aromatic rings. The molecule has 1 heterocycles. The van der Waals surface area contributed by atoms with Crippen molar-refractivity contribution in [2.45, 2.75) is 32.4 Å². The zero-order chi connectivity index (χ0) is 21.0. The van der Waals surface area contributed by atoms with Crippen molar-refractivity contribution in [2.75, 3.05) is 6.54 Å². The first-order chi connectivity index (χ1) is 13.7. The van der Waals surface area contributed by atoms with Crippen LogP contribution in [-0.2, 0) is 4.74 Å². The van der Waals surface area contributed by atoms with Crippen molar-refractivity contribution in [3.05, 3.63) is 75.5 Å². The molecule has 2 unspecified atom stereocenters. The van der Waals surface area contributed by atoms with Gasteiger partial charge in [0.05, 0.1) is 6.04 Å². The number of nitrogens with zero attached hydrogens (tertiary/aromatic N) is 1. The fourth-order valence-electron chi connectivity index (χ4n) is 3.00. The van der Waals surface area contributed by atoms with Crippen molar-refractivity contribution in [3.8, 4) is 0 Å². The quantitative estimate of drug-likeness (QED) is 0.528. The van der Waals surface area contributed by atoms with Gasteiger partial charge >= 0.3 is 6.09 Å². The van der Waals surface area contributed by atoms with Crippen LogP contribution in [0.4, 0.5) is 10.5 Å². The van der Waals surface area contributed by atoms with E-state index in [-0.39, 0.29) is 11.6 Å². The lowest BCUT2D eigenvalue weighted by Crippen LogP contribution is -2.95. The Morgan fingerprint density at radius 3 is 2.69 bits per heavy atom. The van der Waals surface area contributed by atoms with E-state index in [0.717, 1.165) is 21.2 Å². The summed E-state index contributed by atoms with van der Waals surface area (Å²) < 4.78 is 6.17. The van der Waals surface area contributed by atoms with E-state index in [1.54, 1.807) is 18.5 Å². The van der Waals surface area contributed by atoms with E-state index in [0.29, 0.717) is 5.69 Å². The molecule has 152 valence electrons. The number of benzene rings is 2. The predicted molar refractivity (Wildman–Crippen MR) is 118 cm³/mol. The Balaban J connectivity index is 1.85. The molecule has 0 spiro atoms. The van der Waals surface area contributed by atoms with Crippen LogP contribution in [0.1, 0.15) is 31.9 Å². The molecule has 0 aliphatic carbocycles. The molecule has 0 saturated heterocycles. The van der Waals surface area contributed by atoms with Crippen LogP contribution in [0.3, 0.4) is 0 Å². The molecule has 0 radical (unpaired) electrons. The van der Waals surface area contributed by atoms with Gasteiger partial charge in [-0.2, -0.15) is 0 Å². The first kappa shape index (κ1) is 21.2. The smallest absolute Gasteiger partial charge is 0.407 e. The molecule has 2 N–H and O–H groups in total. The van der Waals surface area contributed by atoms with Crippen LogP contribution < -0.4 is 10.4 Å². The zero-order valence-corrected chi connectivity index (χ0v) is 18.2. The highest BCUT2D eigenvalue weighted by Crippen LogP contribution is 2.31. The van der Waals surface area contributed by atoms with E-state index in [4.69, 9.17) is 4.74 Å². The summed E-state index contributed by atoms with van der Waals surface area (Å²) in [5.74, 6) is 0. The number of ether oxygens (including phenoxy) is 1. The minimum absolute atomic E-state index is 0.0616. The third kappa shape index (κ3) is 5.76. The highest BCUT2D eigenvalue weighted by Gasteiger charge is 2.28. The highest BCUT2D eigenvalue weighted by atomic mass is 79.9. The maximum atomic E-state index is 12.5. The van der Waals surface area contributed by atoms with Gasteiger partial charge in [-0.25, -0.2) is 4.79 Å². The van der Waals surface area contributed by atoms with E-state index < -0.39 is 17.7 Å². The molecule has 0 saturated carbocycles. The number of halogens is 1. The van der Waals surface area contributed by atoms with Crippen LogP contribution in [0.15, 0.2) is 64.2 Å². The third-order valence-corrected chi connectivity index (χ3v) is 4.74. The van der Waals surface area contributed by atoms with Gasteiger partial charge in [0.1, 0.15) is 17.5 Å². The maximum absolute atomic E-state index is 12.5. The molecule has 3 rings (SSSR count). The summed E-state index contributed by atoms with van der Waals surface area (Å²) in [4.78, 5) is 16.8. The fraction of sp³-hybridized carbons (Fsp3) is 0.273. The summed E-state index contributed by atoms with van der Waals surface area (Å²) in [5.41, 5.74) is 2.59. The van der Waals surface area contributed by atoms with Crippen LogP contribution in [-0.4, -0.2) is 30.5 Å². The van der Waals surface area contributed by atoms with E-state index >= 15 is 0 Å². The molecule has 1 amide bonds. The van der Waals surface area contributed by atoms with Crippen LogP contribution >= 0.6 is 15.9 Å². The number of hydrogen-bond acceptors (Lipinski definition) is 4. The second kappa shape index (κ2) is 8.90. The monoisotopic (exact) mass is 457 g/mol. The second-order valence-electron chi connectivity index (χ2n) is 7.74. The number of hydroxylamine groups is 1. The number of aliphatic imine (C=N–C) groups is 1. The Labute approximate surface area is 179 Å².